The van der Waals surface area contributed by atoms with Gasteiger partial charge in [-0.1, -0.05) is 0 Å². The number of carbonyl (C=O) groups excluding carboxylic acids is 1. The van der Waals surface area contributed by atoms with E-state index in [-0.39, 0.29) is 5.91 Å². The van der Waals surface area contributed by atoms with Crippen molar-refractivity contribution in [2.24, 2.45) is 5.92 Å². The fourth-order valence-corrected chi connectivity index (χ4v) is 2.44. The average molecular weight is 264 g/mol. The third-order valence-corrected chi connectivity index (χ3v) is 3.41. The molecule has 5 heteroatoms. The van der Waals surface area contributed by atoms with Crippen LogP contribution in [0.15, 0.2) is 18.3 Å². The highest BCUT2D eigenvalue weighted by atomic mass is 16.5. The summed E-state index contributed by atoms with van der Waals surface area (Å²) in [7, 11) is 3.29. The van der Waals surface area contributed by atoms with Gasteiger partial charge in [-0.15, -0.1) is 0 Å². The number of hydrogen-bond acceptors (Lipinski definition) is 4. The van der Waals surface area contributed by atoms with Gasteiger partial charge >= 0.3 is 0 Å². The fourth-order valence-electron chi connectivity index (χ4n) is 2.44. The molecule has 1 aromatic rings. The van der Waals surface area contributed by atoms with Gasteiger partial charge in [-0.25, -0.2) is 0 Å². The van der Waals surface area contributed by atoms with Crippen molar-refractivity contribution in [2.45, 2.75) is 12.8 Å². The van der Waals surface area contributed by atoms with Crippen LogP contribution in [0.2, 0.25) is 0 Å². The van der Waals surface area contributed by atoms with E-state index >= 15 is 0 Å². The summed E-state index contributed by atoms with van der Waals surface area (Å²) < 4.78 is 10.3. The van der Waals surface area contributed by atoms with E-state index in [0.717, 1.165) is 24.4 Å². The number of likely N-dealkylation sites (tertiary alicyclic amines) is 1. The molecule has 1 atom stereocenters. The minimum Gasteiger partial charge on any atom is -0.495 e. The Morgan fingerprint density at radius 2 is 2.32 bits per heavy atom. The van der Waals surface area contributed by atoms with Gasteiger partial charge in [-0.05, 0) is 24.5 Å². The van der Waals surface area contributed by atoms with Crippen LogP contribution in [0.3, 0.4) is 0 Å². The zero-order chi connectivity index (χ0) is 13.7. The Kier molecular flexibility index (Phi) is 4.74. The van der Waals surface area contributed by atoms with Gasteiger partial charge in [0, 0.05) is 32.8 Å². The number of pyridine rings is 1. The summed E-state index contributed by atoms with van der Waals surface area (Å²) in [6.07, 6.45) is 3.12. The van der Waals surface area contributed by atoms with Crippen LogP contribution in [0, 0.1) is 5.92 Å². The van der Waals surface area contributed by atoms with Crippen molar-refractivity contribution >= 4 is 5.91 Å². The van der Waals surface area contributed by atoms with Gasteiger partial charge in [0.1, 0.15) is 5.75 Å². The van der Waals surface area contributed by atoms with Crippen LogP contribution in [0.25, 0.3) is 0 Å². The Balaban J connectivity index is 1.95. The van der Waals surface area contributed by atoms with Crippen LogP contribution < -0.4 is 4.74 Å². The van der Waals surface area contributed by atoms with E-state index in [1.54, 1.807) is 20.4 Å². The first-order valence-corrected chi connectivity index (χ1v) is 6.49. The average Bonchev–Trinajstić information content (AvgIpc) is 2.77. The second-order valence-electron chi connectivity index (χ2n) is 4.76. The van der Waals surface area contributed by atoms with Crippen LogP contribution in [0.1, 0.15) is 12.1 Å². The molecular weight excluding hydrogens is 244 g/mol. The molecule has 5 nitrogen and oxygen atoms in total. The third-order valence-electron chi connectivity index (χ3n) is 3.41. The number of nitrogens with zero attached hydrogens (tertiary/aromatic N) is 2. The molecule has 1 saturated heterocycles. The van der Waals surface area contributed by atoms with Gasteiger partial charge in [0.05, 0.1) is 19.4 Å². The molecule has 0 bridgehead atoms. The minimum atomic E-state index is 0.206. The number of amides is 1. The molecule has 0 aromatic carbocycles. The van der Waals surface area contributed by atoms with Gasteiger partial charge in [-0.3, -0.25) is 9.78 Å². The summed E-state index contributed by atoms with van der Waals surface area (Å²) in [5, 5.41) is 0. The van der Waals surface area contributed by atoms with Crippen LogP contribution in [0.5, 0.6) is 5.75 Å². The molecule has 2 heterocycles. The molecule has 0 saturated carbocycles. The molecule has 2 rings (SSSR count). The predicted molar refractivity (Wildman–Crippen MR) is 71.1 cm³/mol. The van der Waals surface area contributed by atoms with Crippen molar-refractivity contribution in [3.05, 3.63) is 24.0 Å². The molecule has 0 aliphatic carbocycles. The van der Waals surface area contributed by atoms with Crippen molar-refractivity contribution in [1.29, 1.82) is 0 Å². The molecule has 1 aliphatic rings. The SMILES string of the molecule is COCCN1CC(Cc2ncccc2OC)CC1=O. The monoisotopic (exact) mass is 264 g/mol. The first kappa shape index (κ1) is 13.8. The van der Waals surface area contributed by atoms with Crippen molar-refractivity contribution in [1.82, 2.24) is 9.88 Å². The standard InChI is InChI=1S/C14H20N2O3/c1-18-7-6-16-10-11(9-14(16)17)8-12-13(19-2)4-3-5-15-12/h3-5,11H,6-10H2,1-2H3. The van der Waals surface area contributed by atoms with Crippen molar-refractivity contribution in [2.75, 3.05) is 33.9 Å². The summed E-state index contributed by atoms with van der Waals surface area (Å²) in [4.78, 5) is 18.1. The minimum absolute atomic E-state index is 0.206. The molecule has 0 N–H and O–H groups in total. The molecule has 19 heavy (non-hydrogen) atoms. The van der Waals surface area contributed by atoms with Crippen molar-refractivity contribution in [3.63, 3.8) is 0 Å². The summed E-state index contributed by atoms with van der Waals surface area (Å²) in [6.45, 7) is 2.04. The van der Waals surface area contributed by atoms with Crippen LogP contribution in [-0.2, 0) is 16.0 Å². The fraction of sp³-hybridized carbons (Fsp3) is 0.571. The molecule has 1 aromatic heterocycles. The van der Waals surface area contributed by atoms with Crippen molar-refractivity contribution in [3.8, 4) is 5.75 Å². The summed E-state index contributed by atoms with van der Waals surface area (Å²) in [6, 6.07) is 3.76. The molecule has 104 valence electrons. The Labute approximate surface area is 113 Å². The maximum absolute atomic E-state index is 11.9. The highest BCUT2D eigenvalue weighted by molar-refractivity contribution is 5.78. The van der Waals surface area contributed by atoms with E-state index in [1.807, 2.05) is 17.0 Å². The van der Waals surface area contributed by atoms with Gasteiger partial charge in [-0.2, -0.15) is 0 Å². The number of ether oxygens (including phenoxy) is 2. The molecule has 1 fully saturated rings. The summed E-state index contributed by atoms with van der Waals surface area (Å²) >= 11 is 0. The Morgan fingerprint density at radius 1 is 1.47 bits per heavy atom. The second kappa shape index (κ2) is 6.52. The Hall–Kier alpha value is -1.62. The third kappa shape index (κ3) is 3.44. The number of methoxy groups -OCH3 is 2. The van der Waals surface area contributed by atoms with E-state index in [1.165, 1.54) is 0 Å². The van der Waals surface area contributed by atoms with E-state index in [9.17, 15) is 4.79 Å². The molecule has 1 amide bonds. The lowest BCUT2D eigenvalue weighted by Gasteiger charge is -2.16. The second-order valence-corrected chi connectivity index (χ2v) is 4.76. The molecule has 0 radical (unpaired) electrons. The largest absolute Gasteiger partial charge is 0.495 e. The molecular formula is C14H20N2O3. The van der Waals surface area contributed by atoms with E-state index in [4.69, 9.17) is 9.47 Å². The van der Waals surface area contributed by atoms with Gasteiger partial charge in [0.15, 0.2) is 0 Å². The van der Waals surface area contributed by atoms with Gasteiger partial charge in [0.25, 0.3) is 0 Å². The maximum Gasteiger partial charge on any atom is 0.223 e. The summed E-state index contributed by atoms with van der Waals surface area (Å²) in [5.41, 5.74) is 0.927. The first-order valence-electron chi connectivity index (χ1n) is 6.49. The van der Waals surface area contributed by atoms with E-state index < -0.39 is 0 Å². The topological polar surface area (TPSA) is 51.7 Å². The van der Waals surface area contributed by atoms with Crippen LogP contribution >= 0.6 is 0 Å². The van der Waals surface area contributed by atoms with Crippen LogP contribution in [0.4, 0.5) is 0 Å². The predicted octanol–water partition coefficient (Wildman–Crippen LogP) is 1.13. The molecule has 1 unspecified atom stereocenters. The lowest BCUT2D eigenvalue weighted by Crippen LogP contribution is -2.29. The zero-order valence-corrected chi connectivity index (χ0v) is 11.5. The summed E-state index contributed by atoms with van der Waals surface area (Å²) in [5.74, 6) is 1.32. The van der Waals surface area contributed by atoms with E-state index in [2.05, 4.69) is 4.98 Å². The smallest absolute Gasteiger partial charge is 0.223 e. The maximum atomic E-state index is 11.9. The van der Waals surface area contributed by atoms with Gasteiger partial charge in [0.2, 0.25) is 5.91 Å². The highest BCUT2D eigenvalue weighted by Crippen LogP contribution is 2.25. The number of carbonyl (C=O) groups is 1. The number of hydrogen-bond donors (Lipinski definition) is 0. The Bertz CT molecular complexity index is 436. The normalized spacial score (nSPS) is 18.9. The number of aromatic nitrogens is 1. The highest BCUT2D eigenvalue weighted by Gasteiger charge is 2.30. The van der Waals surface area contributed by atoms with Gasteiger partial charge < -0.3 is 14.4 Å². The van der Waals surface area contributed by atoms with Crippen molar-refractivity contribution < 1.29 is 14.3 Å². The zero-order valence-electron chi connectivity index (χ0n) is 11.5. The van der Waals surface area contributed by atoms with E-state index in [0.29, 0.717) is 25.5 Å². The Morgan fingerprint density at radius 3 is 3.05 bits per heavy atom. The quantitative estimate of drug-likeness (QED) is 0.773. The number of rotatable bonds is 6. The van der Waals surface area contributed by atoms with Crippen LogP contribution in [-0.4, -0.2) is 49.7 Å². The molecule has 0 spiro atoms. The molecule has 1 aliphatic heterocycles. The lowest BCUT2D eigenvalue weighted by molar-refractivity contribution is -0.128. The first-order chi connectivity index (χ1) is 9.24. The lowest BCUT2D eigenvalue weighted by atomic mass is 10.0.